The van der Waals surface area contributed by atoms with E-state index in [-0.39, 0.29) is 17.6 Å². The summed E-state index contributed by atoms with van der Waals surface area (Å²) < 4.78 is 20.8. The van der Waals surface area contributed by atoms with Gasteiger partial charge in [-0.2, -0.15) is 0 Å². The molecule has 21 heavy (non-hydrogen) atoms. The van der Waals surface area contributed by atoms with Gasteiger partial charge in [0.2, 0.25) is 0 Å². The van der Waals surface area contributed by atoms with E-state index in [1.165, 1.54) is 13.2 Å². The van der Waals surface area contributed by atoms with Gasteiger partial charge in [-0.05, 0) is 70.5 Å². The predicted molar refractivity (Wildman–Crippen MR) is 93.6 cm³/mol. The van der Waals surface area contributed by atoms with Gasteiger partial charge in [-0.3, -0.25) is 11.3 Å². The number of hydrogen-bond donors (Lipinski definition) is 2. The summed E-state index contributed by atoms with van der Waals surface area (Å²) in [6, 6.07) is 10.9. The van der Waals surface area contributed by atoms with Gasteiger partial charge in [0.1, 0.15) is 0 Å². The van der Waals surface area contributed by atoms with Crippen LogP contribution in [0.5, 0.6) is 5.75 Å². The van der Waals surface area contributed by atoms with Crippen molar-refractivity contribution in [3.63, 3.8) is 0 Å². The van der Waals surface area contributed by atoms with Crippen molar-refractivity contribution in [2.24, 2.45) is 5.84 Å². The first-order valence-corrected chi connectivity index (χ1v) is 8.15. The molecule has 2 aromatic rings. The van der Waals surface area contributed by atoms with Gasteiger partial charge < -0.3 is 4.74 Å². The number of nitrogens with two attached hydrogens (primary N) is 1. The van der Waals surface area contributed by atoms with Gasteiger partial charge in [-0.25, -0.2) is 4.39 Å². The second-order valence-corrected chi connectivity index (χ2v) is 6.66. The van der Waals surface area contributed by atoms with Crippen molar-refractivity contribution in [1.29, 1.82) is 0 Å². The molecule has 0 heterocycles. The quantitative estimate of drug-likeness (QED) is 0.400. The molecular weight excluding hydrogens is 450 g/mol. The molecule has 1 unspecified atom stereocenters. The lowest BCUT2D eigenvalue weighted by Crippen LogP contribution is -2.30. The summed E-state index contributed by atoms with van der Waals surface area (Å²) in [6.45, 7) is 0. The van der Waals surface area contributed by atoms with E-state index < -0.39 is 0 Å². The zero-order valence-corrected chi connectivity index (χ0v) is 15.1. The monoisotopic (exact) mass is 464 g/mol. The highest BCUT2D eigenvalue weighted by atomic mass is 127. The lowest BCUT2D eigenvalue weighted by molar-refractivity contribution is 0.386. The van der Waals surface area contributed by atoms with Gasteiger partial charge >= 0.3 is 0 Å². The summed E-state index contributed by atoms with van der Waals surface area (Å²) in [4.78, 5) is 0. The van der Waals surface area contributed by atoms with Crippen molar-refractivity contribution in [1.82, 2.24) is 5.43 Å². The van der Waals surface area contributed by atoms with E-state index in [0.29, 0.717) is 6.42 Å². The van der Waals surface area contributed by atoms with Crippen molar-refractivity contribution in [3.8, 4) is 5.75 Å². The summed E-state index contributed by atoms with van der Waals surface area (Å²) in [5.41, 5.74) is 4.69. The Bertz CT molecular complexity index is 639. The molecule has 0 aliphatic rings. The van der Waals surface area contributed by atoms with Crippen molar-refractivity contribution in [3.05, 3.63) is 61.4 Å². The van der Waals surface area contributed by atoms with Crippen LogP contribution in [0.4, 0.5) is 4.39 Å². The van der Waals surface area contributed by atoms with Crippen molar-refractivity contribution >= 4 is 38.5 Å². The smallest absolute Gasteiger partial charge is 0.165 e. The van der Waals surface area contributed by atoms with Crippen molar-refractivity contribution < 1.29 is 9.13 Å². The highest BCUT2D eigenvalue weighted by molar-refractivity contribution is 14.1. The number of methoxy groups -OCH3 is 1. The largest absolute Gasteiger partial charge is 0.494 e. The minimum absolute atomic E-state index is 0.109. The van der Waals surface area contributed by atoms with Crippen LogP contribution in [0.15, 0.2) is 40.9 Å². The van der Waals surface area contributed by atoms with Crippen LogP contribution in [0.2, 0.25) is 0 Å². The third-order valence-electron chi connectivity index (χ3n) is 3.19. The third-order valence-corrected chi connectivity index (χ3v) is 4.58. The normalized spacial score (nSPS) is 12.2. The molecule has 0 aliphatic heterocycles. The Kier molecular flexibility index (Phi) is 5.98. The number of rotatable bonds is 5. The van der Waals surface area contributed by atoms with Gasteiger partial charge in [0.25, 0.3) is 0 Å². The molecule has 0 bridgehead atoms. The maximum atomic E-state index is 13.8. The lowest BCUT2D eigenvalue weighted by atomic mass is 9.99. The Labute approximate surface area is 145 Å². The van der Waals surface area contributed by atoms with E-state index in [4.69, 9.17) is 10.6 Å². The number of hydrogen-bond acceptors (Lipinski definition) is 3. The Morgan fingerprint density at radius 1 is 1.33 bits per heavy atom. The number of benzene rings is 2. The number of nitrogens with one attached hydrogen (secondary N) is 1. The van der Waals surface area contributed by atoms with Crippen LogP contribution in [0, 0.1) is 9.39 Å². The molecule has 0 amide bonds. The summed E-state index contributed by atoms with van der Waals surface area (Å²) >= 11 is 5.78. The highest BCUT2D eigenvalue weighted by Gasteiger charge is 2.15. The van der Waals surface area contributed by atoms with Crippen molar-refractivity contribution in [2.75, 3.05) is 7.11 Å². The van der Waals surface area contributed by atoms with Gasteiger partial charge in [0, 0.05) is 8.04 Å². The molecule has 3 nitrogen and oxygen atoms in total. The van der Waals surface area contributed by atoms with Gasteiger partial charge in [0.05, 0.1) is 13.2 Å². The standard InChI is InChI=1S/C15H15BrFIN2O/c1-21-15-5-2-9(6-13(15)17)7-14(20-19)11-8-10(18)3-4-12(11)16/h2-6,8,14,20H,7,19H2,1H3. The third kappa shape index (κ3) is 4.15. The summed E-state index contributed by atoms with van der Waals surface area (Å²) in [5.74, 6) is 5.55. The fourth-order valence-electron chi connectivity index (χ4n) is 2.11. The summed E-state index contributed by atoms with van der Waals surface area (Å²) in [5, 5.41) is 0. The Balaban J connectivity index is 2.26. The first kappa shape index (κ1) is 16.7. The molecule has 6 heteroatoms. The van der Waals surface area contributed by atoms with Crippen LogP contribution in [0.3, 0.4) is 0 Å². The molecule has 0 radical (unpaired) electrons. The fraction of sp³-hybridized carbons (Fsp3) is 0.200. The molecule has 0 fully saturated rings. The molecule has 2 aromatic carbocycles. The molecule has 0 aliphatic carbocycles. The molecule has 1 atom stereocenters. The summed E-state index contributed by atoms with van der Waals surface area (Å²) in [6.07, 6.45) is 0.579. The Morgan fingerprint density at radius 2 is 2.10 bits per heavy atom. The molecule has 0 saturated carbocycles. The first-order valence-electron chi connectivity index (χ1n) is 6.28. The number of hydrazine groups is 1. The van der Waals surface area contributed by atoms with Crippen LogP contribution in [-0.4, -0.2) is 7.11 Å². The van der Waals surface area contributed by atoms with Crippen LogP contribution < -0.4 is 16.0 Å². The zero-order chi connectivity index (χ0) is 15.4. The first-order chi connectivity index (χ1) is 10.0. The van der Waals surface area contributed by atoms with Crippen LogP contribution in [-0.2, 0) is 6.42 Å². The van der Waals surface area contributed by atoms with E-state index in [1.54, 1.807) is 6.07 Å². The van der Waals surface area contributed by atoms with Crippen molar-refractivity contribution in [2.45, 2.75) is 12.5 Å². The van der Waals surface area contributed by atoms with Crippen LogP contribution >= 0.6 is 38.5 Å². The average Bonchev–Trinajstić information content (AvgIpc) is 2.47. The molecule has 2 rings (SSSR count). The zero-order valence-electron chi connectivity index (χ0n) is 11.4. The minimum atomic E-state index is -0.368. The SMILES string of the molecule is COc1ccc(CC(NN)c2cc(I)ccc2Br)cc1F. The number of ether oxygens (including phenoxy) is 1. The Hall–Kier alpha value is -0.700. The average molecular weight is 465 g/mol. The lowest BCUT2D eigenvalue weighted by Gasteiger charge is -2.18. The van der Waals surface area contributed by atoms with Crippen LogP contribution in [0.25, 0.3) is 0 Å². The number of halogens is 3. The van der Waals surface area contributed by atoms with E-state index in [2.05, 4.69) is 50.0 Å². The maximum Gasteiger partial charge on any atom is 0.165 e. The van der Waals surface area contributed by atoms with E-state index in [0.717, 1.165) is 19.2 Å². The maximum absolute atomic E-state index is 13.8. The fourth-order valence-corrected chi connectivity index (χ4v) is 3.15. The molecule has 0 saturated heterocycles. The Morgan fingerprint density at radius 3 is 2.71 bits per heavy atom. The molecular formula is C15H15BrFIN2O. The second-order valence-electron chi connectivity index (χ2n) is 4.56. The van der Waals surface area contributed by atoms with Crippen LogP contribution in [0.1, 0.15) is 17.2 Å². The van der Waals surface area contributed by atoms with Gasteiger partial charge in [0.15, 0.2) is 11.6 Å². The van der Waals surface area contributed by atoms with E-state index in [1.807, 2.05) is 18.2 Å². The topological polar surface area (TPSA) is 47.3 Å². The summed E-state index contributed by atoms with van der Waals surface area (Å²) in [7, 11) is 1.45. The van der Waals surface area contributed by atoms with Gasteiger partial charge in [-0.1, -0.05) is 22.0 Å². The van der Waals surface area contributed by atoms with E-state index >= 15 is 0 Å². The van der Waals surface area contributed by atoms with Gasteiger partial charge in [-0.15, -0.1) is 0 Å². The highest BCUT2D eigenvalue weighted by Crippen LogP contribution is 2.28. The van der Waals surface area contributed by atoms with E-state index in [9.17, 15) is 4.39 Å². The molecule has 3 N–H and O–H groups in total. The second kappa shape index (κ2) is 7.53. The molecule has 112 valence electrons. The predicted octanol–water partition coefficient (Wildman–Crippen LogP) is 3.95. The minimum Gasteiger partial charge on any atom is -0.494 e. The molecule has 0 aromatic heterocycles. The molecule has 0 spiro atoms.